The Morgan fingerprint density at radius 1 is 1.57 bits per heavy atom. The zero-order valence-electron chi connectivity index (χ0n) is 4.34. The van der Waals surface area contributed by atoms with Crippen LogP contribution in [0.4, 0.5) is 0 Å². The van der Waals surface area contributed by atoms with Gasteiger partial charge >= 0.3 is 0 Å². The van der Waals surface area contributed by atoms with Gasteiger partial charge in [0, 0.05) is 58.2 Å². The molecule has 0 fully saturated rings. The molecule has 0 bridgehead atoms. The molecule has 0 saturated carbocycles. The Balaban J connectivity index is 0.000000360. The Kier molecular flexibility index (Phi) is 4.30. The van der Waals surface area contributed by atoms with Crippen molar-refractivity contribution in [3.8, 4) is 0 Å². The predicted molar refractivity (Wildman–Crippen MR) is 24.7 cm³/mol. The summed E-state index contributed by atoms with van der Waals surface area (Å²) < 4.78 is 0. The SMILES string of the molecule is Cc1nn[nH]n1.[Rb]. The largest absolute Gasteiger partial charge is 0.177 e. The summed E-state index contributed by atoms with van der Waals surface area (Å²) >= 11 is 0. The zero-order valence-corrected chi connectivity index (χ0v) is 9.26. The number of aryl methyl sites for hydroxylation is 1. The summed E-state index contributed by atoms with van der Waals surface area (Å²) in [6, 6.07) is 0. The first-order valence-corrected chi connectivity index (χ1v) is 1.59. The average Bonchev–Trinajstić information content (AvgIpc) is 1.86. The number of rotatable bonds is 0. The molecule has 0 unspecified atom stereocenters. The summed E-state index contributed by atoms with van der Waals surface area (Å²) in [5, 5.41) is 12.7. The van der Waals surface area contributed by atoms with Crippen LogP contribution in [-0.4, -0.2) is 78.8 Å². The molecule has 0 saturated heterocycles. The number of nitrogens with one attached hydrogen (secondary N) is 1. The standard InChI is InChI=1S/C2H4N4.Rb/c1-2-3-5-6-4-2;/h1H3,(H,3,4,5,6);. The van der Waals surface area contributed by atoms with Gasteiger partial charge in [-0.2, -0.15) is 5.21 Å². The van der Waals surface area contributed by atoms with Crippen LogP contribution in [-0.2, 0) is 0 Å². The summed E-state index contributed by atoms with van der Waals surface area (Å²) in [5.41, 5.74) is 0. The van der Waals surface area contributed by atoms with Crippen molar-refractivity contribution >= 4 is 58.2 Å². The molecule has 0 aliphatic carbocycles. The summed E-state index contributed by atoms with van der Waals surface area (Å²) in [7, 11) is 0. The van der Waals surface area contributed by atoms with Gasteiger partial charge in [-0.3, -0.25) is 0 Å². The van der Waals surface area contributed by atoms with E-state index in [2.05, 4.69) is 20.6 Å². The van der Waals surface area contributed by atoms with Crippen molar-refractivity contribution < 1.29 is 0 Å². The first kappa shape index (κ1) is 7.88. The molecule has 1 heterocycles. The van der Waals surface area contributed by atoms with E-state index in [9.17, 15) is 0 Å². The fourth-order valence-electron chi connectivity index (χ4n) is 0.212. The molecule has 1 aromatic rings. The predicted octanol–water partition coefficient (Wildman–Crippen LogP) is -0.873. The number of hydrogen-bond donors (Lipinski definition) is 1. The van der Waals surface area contributed by atoms with E-state index in [0.29, 0.717) is 5.82 Å². The van der Waals surface area contributed by atoms with E-state index >= 15 is 0 Å². The Morgan fingerprint density at radius 2 is 2.29 bits per heavy atom. The molecule has 0 atom stereocenters. The van der Waals surface area contributed by atoms with E-state index in [1.807, 2.05) is 0 Å². The van der Waals surface area contributed by atoms with Crippen molar-refractivity contribution in [1.82, 2.24) is 20.6 Å². The van der Waals surface area contributed by atoms with Crippen molar-refractivity contribution in [1.29, 1.82) is 0 Å². The van der Waals surface area contributed by atoms with Gasteiger partial charge in [-0.05, 0) is 6.92 Å². The summed E-state index contributed by atoms with van der Waals surface area (Å²) in [5.74, 6) is 0.676. The van der Waals surface area contributed by atoms with Crippen molar-refractivity contribution in [2.75, 3.05) is 0 Å². The molecule has 5 heteroatoms. The van der Waals surface area contributed by atoms with Crippen molar-refractivity contribution in [2.24, 2.45) is 0 Å². The maximum absolute atomic E-state index is 3.57. The van der Waals surface area contributed by atoms with Crippen LogP contribution in [0, 0.1) is 6.92 Å². The van der Waals surface area contributed by atoms with Crippen LogP contribution in [0.2, 0.25) is 0 Å². The second-order valence-electron chi connectivity index (χ2n) is 0.959. The van der Waals surface area contributed by atoms with Gasteiger partial charge in [0.25, 0.3) is 0 Å². The third-order valence-corrected chi connectivity index (χ3v) is 0.451. The minimum Gasteiger partial charge on any atom is -0.177 e. The maximum Gasteiger partial charge on any atom is 0.171 e. The van der Waals surface area contributed by atoms with Crippen molar-refractivity contribution in [2.45, 2.75) is 6.92 Å². The molecule has 4 nitrogen and oxygen atoms in total. The molecule has 1 N–H and O–H groups in total. The van der Waals surface area contributed by atoms with Crippen LogP contribution in [0.15, 0.2) is 0 Å². The Hall–Kier alpha value is 0.875. The van der Waals surface area contributed by atoms with Gasteiger partial charge in [0.2, 0.25) is 0 Å². The third kappa shape index (κ3) is 2.63. The Labute approximate surface area is 89.9 Å². The van der Waals surface area contributed by atoms with Gasteiger partial charge in [0.1, 0.15) is 0 Å². The molecule has 0 amide bonds. The van der Waals surface area contributed by atoms with E-state index < -0.39 is 0 Å². The maximum atomic E-state index is 3.57. The quantitative estimate of drug-likeness (QED) is 0.549. The second-order valence-corrected chi connectivity index (χ2v) is 0.959. The summed E-state index contributed by atoms with van der Waals surface area (Å²) in [6.45, 7) is 1.77. The smallest absolute Gasteiger partial charge is 0.171 e. The van der Waals surface area contributed by atoms with Crippen molar-refractivity contribution in [3.63, 3.8) is 0 Å². The van der Waals surface area contributed by atoms with Crippen molar-refractivity contribution in [3.05, 3.63) is 5.82 Å². The topological polar surface area (TPSA) is 54.5 Å². The molecule has 0 spiro atoms. The van der Waals surface area contributed by atoms with Gasteiger partial charge in [-0.1, -0.05) is 5.21 Å². The summed E-state index contributed by atoms with van der Waals surface area (Å²) in [4.78, 5) is 0. The van der Waals surface area contributed by atoms with E-state index in [0.717, 1.165) is 0 Å². The molecule has 33 valence electrons. The number of hydrogen-bond acceptors (Lipinski definition) is 3. The number of H-pyrrole nitrogens is 1. The minimum absolute atomic E-state index is 0. The van der Waals surface area contributed by atoms with E-state index in [1.165, 1.54) is 0 Å². The summed E-state index contributed by atoms with van der Waals surface area (Å²) in [6.07, 6.45) is 0. The second kappa shape index (κ2) is 3.83. The van der Waals surface area contributed by atoms with Gasteiger partial charge in [0.05, 0.1) is 0 Å². The number of aromatic amines is 1. The number of aromatic nitrogens is 4. The first-order chi connectivity index (χ1) is 2.89. The van der Waals surface area contributed by atoms with Gasteiger partial charge in [-0.25, -0.2) is 0 Å². The molecular formula is C2H4N4Rb. The molecule has 1 aromatic heterocycles. The number of nitrogens with zero attached hydrogens (tertiary/aromatic N) is 3. The Morgan fingerprint density at radius 3 is 2.43 bits per heavy atom. The van der Waals surface area contributed by atoms with E-state index in [1.54, 1.807) is 6.92 Å². The monoisotopic (exact) mass is 169 g/mol. The molecule has 7 heavy (non-hydrogen) atoms. The fourth-order valence-corrected chi connectivity index (χ4v) is 0.212. The molecule has 0 aliphatic heterocycles. The Bertz CT molecular complexity index is 113. The molecule has 0 aromatic carbocycles. The van der Waals surface area contributed by atoms with Crippen LogP contribution in [0.5, 0.6) is 0 Å². The van der Waals surface area contributed by atoms with Gasteiger partial charge in [0.15, 0.2) is 5.82 Å². The molecular weight excluding hydrogens is 166 g/mol. The van der Waals surface area contributed by atoms with E-state index in [4.69, 9.17) is 0 Å². The number of tetrazole rings is 1. The van der Waals surface area contributed by atoms with Crippen LogP contribution >= 0.6 is 0 Å². The fraction of sp³-hybridized carbons (Fsp3) is 0.500. The normalized spacial score (nSPS) is 7.57. The van der Waals surface area contributed by atoms with Gasteiger partial charge in [-0.15, -0.1) is 10.2 Å². The van der Waals surface area contributed by atoms with Crippen LogP contribution in [0.1, 0.15) is 5.82 Å². The molecule has 1 radical (unpaired) electrons. The molecule has 1 rings (SSSR count). The first-order valence-electron chi connectivity index (χ1n) is 1.59. The minimum atomic E-state index is 0. The molecule has 0 aliphatic rings. The van der Waals surface area contributed by atoms with Crippen LogP contribution in [0.3, 0.4) is 0 Å². The van der Waals surface area contributed by atoms with Crippen LogP contribution < -0.4 is 0 Å². The average molecular weight is 170 g/mol. The zero-order chi connectivity index (χ0) is 4.41. The van der Waals surface area contributed by atoms with E-state index in [-0.39, 0.29) is 58.2 Å². The van der Waals surface area contributed by atoms with Gasteiger partial charge < -0.3 is 0 Å². The third-order valence-electron chi connectivity index (χ3n) is 0.451. The van der Waals surface area contributed by atoms with Crippen LogP contribution in [0.25, 0.3) is 0 Å².